The van der Waals surface area contributed by atoms with Gasteiger partial charge in [0.2, 0.25) is 0 Å². The molecule has 1 heterocycles. The third-order valence-corrected chi connectivity index (χ3v) is 4.49. The summed E-state index contributed by atoms with van der Waals surface area (Å²) in [7, 11) is 0. The molecule has 1 aromatic carbocycles. The molecule has 0 amide bonds. The van der Waals surface area contributed by atoms with Crippen LogP contribution in [0.1, 0.15) is 24.3 Å². The standard InChI is InChI=1S/C16H20BrNO2S/c1-3-19-14-6-4-5-12(9-11(2)18)16(14)20-10-13-7-8-15(17)21-13/h4-8,11H,3,9-10,18H2,1-2H3. The van der Waals surface area contributed by atoms with Crippen LogP contribution in [0.2, 0.25) is 0 Å². The number of rotatable bonds is 7. The third kappa shape index (κ3) is 4.73. The molecular weight excluding hydrogens is 350 g/mol. The van der Waals surface area contributed by atoms with E-state index >= 15 is 0 Å². The highest BCUT2D eigenvalue weighted by Gasteiger charge is 2.13. The average Bonchev–Trinajstić information content (AvgIpc) is 2.83. The van der Waals surface area contributed by atoms with Crippen LogP contribution in [0.25, 0.3) is 0 Å². The smallest absolute Gasteiger partial charge is 0.164 e. The Hall–Kier alpha value is -1.04. The van der Waals surface area contributed by atoms with E-state index in [0.29, 0.717) is 13.2 Å². The Morgan fingerprint density at radius 1 is 1.24 bits per heavy atom. The van der Waals surface area contributed by atoms with E-state index in [1.165, 1.54) is 4.88 Å². The number of hydrogen-bond acceptors (Lipinski definition) is 4. The lowest BCUT2D eigenvalue weighted by Crippen LogP contribution is -2.18. The number of benzene rings is 1. The van der Waals surface area contributed by atoms with E-state index in [4.69, 9.17) is 15.2 Å². The maximum atomic E-state index is 6.03. The van der Waals surface area contributed by atoms with Gasteiger partial charge in [-0.05, 0) is 60.0 Å². The van der Waals surface area contributed by atoms with E-state index in [1.807, 2.05) is 38.1 Å². The fraction of sp³-hybridized carbons (Fsp3) is 0.375. The predicted octanol–water partition coefficient (Wildman–Crippen LogP) is 4.38. The highest BCUT2D eigenvalue weighted by atomic mass is 79.9. The van der Waals surface area contributed by atoms with Crippen molar-refractivity contribution < 1.29 is 9.47 Å². The minimum Gasteiger partial charge on any atom is -0.490 e. The number of thiophene rings is 1. The van der Waals surface area contributed by atoms with E-state index < -0.39 is 0 Å². The van der Waals surface area contributed by atoms with Crippen LogP contribution in [-0.2, 0) is 13.0 Å². The van der Waals surface area contributed by atoms with E-state index in [1.54, 1.807) is 11.3 Å². The summed E-state index contributed by atoms with van der Waals surface area (Å²) in [4.78, 5) is 1.17. The molecule has 1 unspecified atom stereocenters. The minimum absolute atomic E-state index is 0.0834. The molecule has 114 valence electrons. The van der Waals surface area contributed by atoms with Gasteiger partial charge in [0, 0.05) is 10.9 Å². The molecule has 5 heteroatoms. The van der Waals surface area contributed by atoms with Gasteiger partial charge < -0.3 is 15.2 Å². The van der Waals surface area contributed by atoms with Crippen molar-refractivity contribution in [1.29, 1.82) is 0 Å². The molecule has 2 aromatic rings. The lowest BCUT2D eigenvalue weighted by Gasteiger charge is -2.16. The molecular formula is C16H20BrNO2S. The van der Waals surface area contributed by atoms with Crippen LogP contribution < -0.4 is 15.2 Å². The van der Waals surface area contributed by atoms with Crippen LogP contribution in [0.15, 0.2) is 34.1 Å². The van der Waals surface area contributed by atoms with Crippen molar-refractivity contribution in [2.24, 2.45) is 5.73 Å². The van der Waals surface area contributed by atoms with Gasteiger partial charge in [-0.25, -0.2) is 0 Å². The summed E-state index contributed by atoms with van der Waals surface area (Å²) in [6.07, 6.45) is 0.768. The Morgan fingerprint density at radius 3 is 2.67 bits per heavy atom. The van der Waals surface area contributed by atoms with Crippen LogP contribution in [0.3, 0.4) is 0 Å². The van der Waals surface area contributed by atoms with Crippen molar-refractivity contribution in [3.8, 4) is 11.5 Å². The molecule has 0 aliphatic carbocycles. The molecule has 3 nitrogen and oxygen atoms in total. The number of ether oxygens (including phenoxy) is 2. The van der Waals surface area contributed by atoms with Crippen LogP contribution in [0.5, 0.6) is 11.5 Å². The minimum atomic E-state index is 0.0834. The van der Waals surface area contributed by atoms with Gasteiger partial charge in [0.15, 0.2) is 11.5 Å². The maximum Gasteiger partial charge on any atom is 0.164 e. The fourth-order valence-electron chi connectivity index (χ4n) is 2.07. The molecule has 0 aliphatic rings. The monoisotopic (exact) mass is 369 g/mol. The first kappa shape index (κ1) is 16.3. The van der Waals surface area contributed by atoms with Crippen LogP contribution in [0.4, 0.5) is 0 Å². The average molecular weight is 370 g/mol. The van der Waals surface area contributed by atoms with Crippen molar-refractivity contribution in [2.75, 3.05) is 6.61 Å². The summed E-state index contributed by atoms with van der Waals surface area (Å²) in [5.41, 5.74) is 7.02. The molecule has 2 rings (SSSR count). The van der Waals surface area contributed by atoms with Gasteiger partial charge in [-0.3, -0.25) is 0 Å². The van der Waals surface area contributed by atoms with Gasteiger partial charge in [0.25, 0.3) is 0 Å². The topological polar surface area (TPSA) is 44.5 Å². The normalized spacial score (nSPS) is 12.2. The number of halogens is 1. The molecule has 0 fully saturated rings. The number of nitrogens with two attached hydrogens (primary N) is 1. The van der Waals surface area contributed by atoms with Gasteiger partial charge in [0.05, 0.1) is 10.4 Å². The van der Waals surface area contributed by atoms with E-state index in [2.05, 4.69) is 22.0 Å². The summed E-state index contributed by atoms with van der Waals surface area (Å²) >= 11 is 5.14. The van der Waals surface area contributed by atoms with Crippen molar-refractivity contribution in [2.45, 2.75) is 32.9 Å². The second-order valence-corrected chi connectivity index (χ2v) is 7.40. The summed E-state index contributed by atoms with van der Waals surface area (Å²) in [5.74, 6) is 1.59. The summed E-state index contributed by atoms with van der Waals surface area (Å²) < 4.78 is 12.8. The quantitative estimate of drug-likeness (QED) is 0.787. The Morgan fingerprint density at radius 2 is 2.05 bits per heavy atom. The Bertz CT molecular complexity index is 583. The van der Waals surface area contributed by atoms with E-state index in [-0.39, 0.29) is 6.04 Å². The summed E-state index contributed by atoms with van der Waals surface area (Å²) in [6.45, 7) is 5.11. The molecule has 0 bridgehead atoms. The van der Waals surface area contributed by atoms with Crippen LogP contribution >= 0.6 is 27.3 Å². The molecule has 1 aromatic heterocycles. The zero-order valence-electron chi connectivity index (χ0n) is 12.3. The van der Waals surface area contributed by atoms with Crippen molar-refractivity contribution >= 4 is 27.3 Å². The molecule has 1 atom stereocenters. The molecule has 0 aliphatic heterocycles. The first-order chi connectivity index (χ1) is 10.1. The first-order valence-corrected chi connectivity index (χ1v) is 8.58. The Labute approximate surface area is 138 Å². The van der Waals surface area contributed by atoms with Crippen LogP contribution in [-0.4, -0.2) is 12.6 Å². The molecule has 21 heavy (non-hydrogen) atoms. The number of hydrogen-bond donors (Lipinski definition) is 1. The SMILES string of the molecule is CCOc1cccc(CC(C)N)c1OCc1ccc(Br)s1. The first-order valence-electron chi connectivity index (χ1n) is 6.97. The number of para-hydroxylation sites is 1. The van der Waals surface area contributed by atoms with Crippen molar-refractivity contribution in [1.82, 2.24) is 0 Å². The van der Waals surface area contributed by atoms with Gasteiger partial charge in [-0.15, -0.1) is 11.3 Å². The van der Waals surface area contributed by atoms with Gasteiger partial charge in [0.1, 0.15) is 6.61 Å². The highest BCUT2D eigenvalue weighted by Crippen LogP contribution is 2.33. The predicted molar refractivity (Wildman–Crippen MR) is 91.3 cm³/mol. The lowest BCUT2D eigenvalue weighted by molar-refractivity contribution is 0.268. The molecule has 0 saturated heterocycles. The second-order valence-electron chi connectivity index (χ2n) is 4.85. The maximum absolute atomic E-state index is 6.03. The third-order valence-electron chi connectivity index (χ3n) is 2.89. The molecule has 2 N–H and O–H groups in total. The second kappa shape index (κ2) is 7.82. The van der Waals surface area contributed by atoms with Crippen molar-refractivity contribution in [3.63, 3.8) is 0 Å². The fourth-order valence-corrected chi connectivity index (χ4v) is 3.47. The summed E-state index contributed by atoms with van der Waals surface area (Å²) in [6, 6.07) is 10.1. The Kier molecular flexibility index (Phi) is 6.08. The van der Waals surface area contributed by atoms with E-state index in [0.717, 1.165) is 27.3 Å². The molecule has 0 radical (unpaired) electrons. The summed E-state index contributed by atoms with van der Waals surface area (Å²) in [5, 5.41) is 0. The largest absolute Gasteiger partial charge is 0.490 e. The van der Waals surface area contributed by atoms with E-state index in [9.17, 15) is 0 Å². The zero-order chi connectivity index (χ0) is 15.2. The van der Waals surface area contributed by atoms with Gasteiger partial charge in [-0.2, -0.15) is 0 Å². The molecule has 0 saturated carbocycles. The highest BCUT2D eigenvalue weighted by molar-refractivity contribution is 9.11. The van der Waals surface area contributed by atoms with Gasteiger partial charge in [-0.1, -0.05) is 12.1 Å². The zero-order valence-corrected chi connectivity index (χ0v) is 14.7. The molecule has 0 spiro atoms. The van der Waals surface area contributed by atoms with Crippen molar-refractivity contribution in [3.05, 3.63) is 44.6 Å². The van der Waals surface area contributed by atoms with Gasteiger partial charge >= 0.3 is 0 Å². The lowest BCUT2D eigenvalue weighted by atomic mass is 10.1. The van der Waals surface area contributed by atoms with Crippen LogP contribution in [0, 0.1) is 0 Å². The Balaban J connectivity index is 2.20.